The Morgan fingerprint density at radius 2 is 2.50 bits per heavy atom. The van der Waals surface area contributed by atoms with Crippen LogP contribution in [0.1, 0.15) is 30.6 Å². The van der Waals surface area contributed by atoms with Crippen molar-refractivity contribution in [1.29, 1.82) is 0 Å². The summed E-state index contributed by atoms with van der Waals surface area (Å²) in [4.78, 5) is 16.7. The van der Waals surface area contributed by atoms with Crippen LogP contribution < -0.4 is 0 Å². The van der Waals surface area contributed by atoms with E-state index < -0.39 is 5.37 Å². The molecule has 14 heavy (non-hydrogen) atoms. The second kappa shape index (κ2) is 3.57. The van der Waals surface area contributed by atoms with Crippen molar-refractivity contribution in [1.82, 2.24) is 15.0 Å². The largest absolute Gasteiger partial charge is 0.337 e. The molecule has 0 aliphatic carbocycles. The number of rotatable bonds is 1. The van der Waals surface area contributed by atoms with Gasteiger partial charge in [0.25, 0.3) is 0 Å². The van der Waals surface area contributed by atoms with E-state index in [9.17, 15) is 4.79 Å². The second-order valence-corrected chi connectivity index (χ2v) is 3.61. The van der Waals surface area contributed by atoms with Gasteiger partial charge >= 0.3 is 5.37 Å². The average Bonchev–Trinajstić information content (AvgIpc) is 2.70. The summed E-state index contributed by atoms with van der Waals surface area (Å²) in [5.74, 6) is 1.06. The second-order valence-electron chi connectivity index (χ2n) is 3.28. The van der Waals surface area contributed by atoms with Crippen molar-refractivity contribution < 1.29 is 9.32 Å². The molecule has 1 aliphatic rings. The topological polar surface area (TPSA) is 59.2 Å². The van der Waals surface area contributed by atoms with Crippen molar-refractivity contribution in [2.24, 2.45) is 0 Å². The molecule has 1 aromatic rings. The highest BCUT2D eigenvalue weighted by Gasteiger charge is 2.32. The molecule has 0 N–H and O–H groups in total. The maximum absolute atomic E-state index is 11.0. The molecule has 1 unspecified atom stereocenters. The Morgan fingerprint density at radius 1 is 1.71 bits per heavy atom. The number of nitrogens with zero attached hydrogens (tertiary/aromatic N) is 3. The Morgan fingerprint density at radius 3 is 3.07 bits per heavy atom. The number of hydrogen-bond donors (Lipinski definition) is 0. The lowest BCUT2D eigenvalue weighted by Gasteiger charge is -2.17. The highest BCUT2D eigenvalue weighted by molar-refractivity contribution is 6.62. The van der Waals surface area contributed by atoms with E-state index in [0.29, 0.717) is 18.3 Å². The van der Waals surface area contributed by atoms with Crippen molar-refractivity contribution in [3.05, 3.63) is 11.7 Å². The molecule has 1 aromatic heterocycles. The summed E-state index contributed by atoms with van der Waals surface area (Å²) in [6, 6.07) is -0.138. The van der Waals surface area contributed by atoms with Gasteiger partial charge < -0.3 is 9.42 Å². The smallest absolute Gasteiger partial charge is 0.317 e. The normalized spacial score (nSPS) is 21.6. The van der Waals surface area contributed by atoms with E-state index in [4.69, 9.17) is 16.1 Å². The van der Waals surface area contributed by atoms with Crippen molar-refractivity contribution in [2.75, 3.05) is 6.54 Å². The molecule has 76 valence electrons. The first-order valence-electron chi connectivity index (χ1n) is 4.45. The van der Waals surface area contributed by atoms with Gasteiger partial charge in [0, 0.05) is 6.54 Å². The molecule has 2 heterocycles. The van der Waals surface area contributed by atoms with E-state index in [2.05, 4.69) is 10.1 Å². The molecule has 1 atom stereocenters. The number of hydrogen-bond acceptors (Lipinski definition) is 4. The highest BCUT2D eigenvalue weighted by Crippen LogP contribution is 2.31. The number of likely N-dealkylation sites (tertiary alicyclic amines) is 1. The van der Waals surface area contributed by atoms with Crippen LogP contribution in [0.3, 0.4) is 0 Å². The number of amides is 1. The standard InChI is InChI=1S/C8H10ClN3O2/c1-5-10-7(14-11-5)6-3-2-4-12(6)8(9)13/h6H,2-4H2,1H3. The molecule has 0 bridgehead atoms. The molecule has 6 heteroatoms. The van der Waals surface area contributed by atoms with Crippen LogP contribution in [0.5, 0.6) is 0 Å². The molecule has 0 radical (unpaired) electrons. The Hall–Kier alpha value is -1.10. The van der Waals surface area contributed by atoms with Gasteiger partial charge in [0.1, 0.15) is 6.04 Å². The molecule has 2 rings (SSSR count). The molecule has 0 spiro atoms. The van der Waals surface area contributed by atoms with Crippen molar-refractivity contribution in [3.8, 4) is 0 Å². The molecular formula is C8H10ClN3O2. The Kier molecular flexibility index (Phi) is 2.41. The zero-order valence-electron chi connectivity index (χ0n) is 7.73. The lowest BCUT2D eigenvalue weighted by atomic mass is 10.2. The Labute approximate surface area is 86.0 Å². The predicted molar refractivity (Wildman–Crippen MR) is 49.0 cm³/mol. The minimum absolute atomic E-state index is 0.138. The number of aromatic nitrogens is 2. The van der Waals surface area contributed by atoms with Crippen molar-refractivity contribution in [2.45, 2.75) is 25.8 Å². The van der Waals surface area contributed by atoms with Crippen molar-refractivity contribution >= 4 is 17.0 Å². The van der Waals surface area contributed by atoms with Gasteiger partial charge in [-0.15, -0.1) is 0 Å². The van der Waals surface area contributed by atoms with Crippen LogP contribution in [0, 0.1) is 6.92 Å². The van der Waals surface area contributed by atoms with Gasteiger partial charge in [-0.2, -0.15) is 4.98 Å². The predicted octanol–water partition coefficient (Wildman–Crippen LogP) is 1.87. The molecule has 5 nitrogen and oxygen atoms in total. The summed E-state index contributed by atoms with van der Waals surface area (Å²) in [5.41, 5.74) is 0. The monoisotopic (exact) mass is 215 g/mol. The average molecular weight is 216 g/mol. The summed E-state index contributed by atoms with van der Waals surface area (Å²) >= 11 is 5.43. The van der Waals surface area contributed by atoms with Gasteiger partial charge in [-0.05, 0) is 31.4 Å². The first-order valence-corrected chi connectivity index (χ1v) is 4.82. The quantitative estimate of drug-likeness (QED) is 0.530. The van der Waals surface area contributed by atoms with E-state index in [-0.39, 0.29) is 6.04 Å². The first kappa shape index (κ1) is 9.45. The zero-order chi connectivity index (χ0) is 10.1. The number of carbonyl (C=O) groups is 1. The zero-order valence-corrected chi connectivity index (χ0v) is 8.49. The van der Waals surface area contributed by atoms with Gasteiger partial charge in [0.15, 0.2) is 5.82 Å². The van der Waals surface area contributed by atoms with Gasteiger partial charge in [-0.3, -0.25) is 4.79 Å². The van der Waals surface area contributed by atoms with Gasteiger partial charge in [-0.1, -0.05) is 5.16 Å². The Bertz CT molecular complexity index is 352. The van der Waals surface area contributed by atoms with Crippen LogP contribution in [0.15, 0.2) is 4.52 Å². The highest BCUT2D eigenvalue weighted by atomic mass is 35.5. The third kappa shape index (κ3) is 1.59. The number of aryl methyl sites for hydroxylation is 1. The fourth-order valence-electron chi connectivity index (χ4n) is 1.68. The number of halogens is 1. The Balaban J connectivity index is 2.21. The third-order valence-corrected chi connectivity index (χ3v) is 2.52. The summed E-state index contributed by atoms with van der Waals surface area (Å²) in [6.07, 6.45) is 1.75. The van der Waals surface area contributed by atoms with Gasteiger partial charge in [0.05, 0.1) is 0 Å². The molecule has 1 aliphatic heterocycles. The summed E-state index contributed by atoms with van der Waals surface area (Å²) in [6.45, 7) is 2.41. The van der Waals surface area contributed by atoms with E-state index >= 15 is 0 Å². The van der Waals surface area contributed by atoms with E-state index in [0.717, 1.165) is 12.8 Å². The van der Waals surface area contributed by atoms with Crippen LogP contribution in [-0.4, -0.2) is 27.0 Å². The summed E-state index contributed by atoms with van der Waals surface area (Å²) in [7, 11) is 0. The minimum atomic E-state index is -0.455. The molecule has 0 aromatic carbocycles. The van der Waals surface area contributed by atoms with Gasteiger partial charge in [0.2, 0.25) is 5.89 Å². The van der Waals surface area contributed by atoms with E-state index in [1.54, 1.807) is 11.8 Å². The van der Waals surface area contributed by atoms with Crippen LogP contribution >= 0.6 is 11.6 Å². The van der Waals surface area contributed by atoms with Crippen LogP contribution in [-0.2, 0) is 0 Å². The van der Waals surface area contributed by atoms with E-state index in [1.807, 2.05) is 0 Å². The minimum Gasteiger partial charge on any atom is -0.337 e. The fraction of sp³-hybridized carbons (Fsp3) is 0.625. The molecule has 1 fully saturated rings. The van der Waals surface area contributed by atoms with Crippen LogP contribution in [0.4, 0.5) is 4.79 Å². The molecule has 1 saturated heterocycles. The third-order valence-electron chi connectivity index (χ3n) is 2.31. The molecule has 0 saturated carbocycles. The maximum Gasteiger partial charge on any atom is 0.317 e. The van der Waals surface area contributed by atoms with Gasteiger partial charge in [-0.25, -0.2) is 0 Å². The fourth-order valence-corrected chi connectivity index (χ4v) is 1.88. The molecular weight excluding hydrogens is 206 g/mol. The summed E-state index contributed by atoms with van der Waals surface area (Å²) in [5, 5.41) is 3.23. The summed E-state index contributed by atoms with van der Waals surface area (Å²) < 4.78 is 5.01. The molecule has 1 amide bonds. The van der Waals surface area contributed by atoms with Crippen LogP contribution in [0.25, 0.3) is 0 Å². The SMILES string of the molecule is Cc1noc(C2CCCN2C(=O)Cl)n1. The van der Waals surface area contributed by atoms with Crippen LogP contribution in [0.2, 0.25) is 0 Å². The van der Waals surface area contributed by atoms with E-state index in [1.165, 1.54) is 0 Å². The number of carbonyl (C=O) groups excluding carboxylic acids is 1. The lowest BCUT2D eigenvalue weighted by molar-refractivity contribution is 0.202. The maximum atomic E-state index is 11.0. The lowest BCUT2D eigenvalue weighted by Crippen LogP contribution is -2.25. The first-order chi connectivity index (χ1) is 6.68. The van der Waals surface area contributed by atoms with Crippen molar-refractivity contribution in [3.63, 3.8) is 0 Å².